The van der Waals surface area contributed by atoms with Gasteiger partial charge >= 0.3 is 10.1 Å². The Morgan fingerprint density at radius 2 is 1.75 bits per heavy atom. The lowest BCUT2D eigenvalue weighted by molar-refractivity contribution is 0.390. The first-order valence-electron chi connectivity index (χ1n) is 5.77. The zero-order chi connectivity index (χ0) is 14.8. The molecule has 0 N–H and O–H groups in total. The van der Waals surface area contributed by atoms with E-state index in [9.17, 15) is 8.42 Å². The fraction of sp³-hybridized carbons (Fsp3) is 0.143. The van der Waals surface area contributed by atoms with Gasteiger partial charge in [-0.2, -0.15) is 8.42 Å². The number of benzene rings is 2. The Hall–Kier alpha value is -1.53. The number of hydrogen-bond donors (Lipinski definition) is 0. The minimum atomic E-state index is -3.92. The molecule has 2 aromatic carbocycles. The van der Waals surface area contributed by atoms with E-state index in [1.807, 2.05) is 6.92 Å². The second-order valence-electron chi connectivity index (χ2n) is 4.12. The summed E-state index contributed by atoms with van der Waals surface area (Å²) in [7, 11) is -2.45. The van der Waals surface area contributed by atoms with Crippen LogP contribution in [0.4, 0.5) is 0 Å². The molecule has 0 bridgehead atoms. The number of halogens is 1. The van der Waals surface area contributed by atoms with Crippen molar-refractivity contribution in [3.63, 3.8) is 0 Å². The molecule has 2 rings (SSSR count). The average molecular weight is 357 g/mol. The zero-order valence-corrected chi connectivity index (χ0v) is 13.4. The molecule has 0 unspecified atom stereocenters. The summed E-state index contributed by atoms with van der Waals surface area (Å²) in [5.74, 6) is 0.537. The molecule has 4 nitrogen and oxygen atoms in total. The molecule has 0 aliphatic rings. The minimum Gasteiger partial charge on any atom is -0.493 e. The number of hydrogen-bond acceptors (Lipinski definition) is 4. The van der Waals surface area contributed by atoms with E-state index < -0.39 is 10.1 Å². The molecule has 0 radical (unpaired) electrons. The van der Waals surface area contributed by atoms with Crippen molar-refractivity contribution >= 4 is 26.0 Å². The molecule has 0 saturated heterocycles. The Kier molecular flexibility index (Phi) is 4.35. The SMILES string of the molecule is COc1cc(C)ccc1OS(=O)(=O)c1ccccc1Br. The highest BCUT2D eigenvalue weighted by Gasteiger charge is 2.21. The third kappa shape index (κ3) is 3.13. The Morgan fingerprint density at radius 1 is 1.05 bits per heavy atom. The first-order valence-corrected chi connectivity index (χ1v) is 7.98. The highest BCUT2D eigenvalue weighted by molar-refractivity contribution is 9.10. The van der Waals surface area contributed by atoms with Gasteiger partial charge in [-0.05, 0) is 52.7 Å². The van der Waals surface area contributed by atoms with E-state index in [1.165, 1.54) is 13.2 Å². The summed E-state index contributed by atoms with van der Waals surface area (Å²) < 4.78 is 35.3. The Morgan fingerprint density at radius 3 is 2.40 bits per heavy atom. The van der Waals surface area contributed by atoms with Crippen molar-refractivity contribution in [1.29, 1.82) is 0 Å². The molecular formula is C14H13BrO4S. The van der Waals surface area contributed by atoms with Crippen molar-refractivity contribution in [3.8, 4) is 11.5 Å². The highest BCUT2D eigenvalue weighted by atomic mass is 79.9. The van der Waals surface area contributed by atoms with E-state index in [-0.39, 0.29) is 10.6 Å². The fourth-order valence-electron chi connectivity index (χ4n) is 1.65. The zero-order valence-electron chi connectivity index (χ0n) is 11.0. The largest absolute Gasteiger partial charge is 0.493 e. The van der Waals surface area contributed by atoms with Crippen molar-refractivity contribution in [1.82, 2.24) is 0 Å². The summed E-state index contributed by atoms with van der Waals surface area (Å²) in [4.78, 5) is 0.0719. The maximum atomic E-state index is 12.3. The maximum Gasteiger partial charge on any atom is 0.340 e. The van der Waals surface area contributed by atoms with Gasteiger partial charge in [0.1, 0.15) is 4.90 Å². The van der Waals surface area contributed by atoms with E-state index in [0.717, 1.165) is 5.56 Å². The van der Waals surface area contributed by atoms with Gasteiger partial charge in [0, 0.05) is 4.47 Å². The molecule has 0 aromatic heterocycles. The lowest BCUT2D eigenvalue weighted by Gasteiger charge is -2.12. The number of aryl methyl sites for hydroxylation is 1. The van der Waals surface area contributed by atoms with E-state index >= 15 is 0 Å². The van der Waals surface area contributed by atoms with Gasteiger partial charge in [-0.3, -0.25) is 0 Å². The van der Waals surface area contributed by atoms with E-state index in [0.29, 0.717) is 10.2 Å². The van der Waals surface area contributed by atoms with E-state index in [4.69, 9.17) is 8.92 Å². The lowest BCUT2D eigenvalue weighted by Crippen LogP contribution is -2.11. The maximum absolute atomic E-state index is 12.3. The van der Waals surface area contributed by atoms with Crippen LogP contribution in [0, 0.1) is 6.92 Å². The van der Waals surface area contributed by atoms with E-state index in [2.05, 4.69) is 15.9 Å². The van der Waals surface area contributed by atoms with Gasteiger partial charge in [-0.25, -0.2) is 0 Å². The monoisotopic (exact) mass is 356 g/mol. The van der Waals surface area contributed by atoms with Crippen LogP contribution in [0.1, 0.15) is 5.56 Å². The van der Waals surface area contributed by atoms with Gasteiger partial charge in [0.25, 0.3) is 0 Å². The van der Waals surface area contributed by atoms with Crippen LogP contribution in [0.2, 0.25) is 0 Å². The molecule has 0 saturated carbocycles. The van der Waals surface area contributed by atoms with Crippen molar-refractivity contribution in [2.75, 3.05) is 7.11 Å². The molecule has 0 aliphatic carbocycles. The highest BCUT2D eigenvalue weighted by Crippen LogP contribution is 2.32. The summed E-state index contributed by atoms with van der Waals surface area (Å²) >= 11 is 3.20. The number of ether oxygens (including phenoxy) is 1. The molecule has 2 aromatic rings. The van der Waals surface area contributed by atoms with Gasteiger partial charge in [0.2, 0.25) is 0 Å². The van der Waals surface area contributed by atoms with Crippen LogP contribution in [0.5, 0.6) is 11.5 Å². The number of methoxy groups -OCH3 is 1. The van der Waals surface area contributed by atoms with Crippen molar-refractivity contribution < 1.29 is 17.3 Å². The Balaban J connectivity index is 2.41. The van der Waals surface area contributed by atoms with Gasteiger partial charge in [-0.15, -0.1) is 0 Å². The van der Waals surface area contributed by atoms with Crippen LogP contribution in [-0.2, 0) is 10.1 Å². The summed E-state index contributed by atoms with van der Waals surface area (Å²) in [6.07, 6.45) is 0. The smallest absolute Gasteiger partial charge is 0.340 e. The minimum absolute atomic E-state index is 0.0719. The Bertz CT molecular complexity index is 726. The molecule has 0 heterocycles. The summed E-state index contributed by atoms with van der Waals surface area (Å²) in [6, 6.07) is 11.5. The van der Waals surface area contributed by atoms with Crippen LogP contribution < -0.4 is 8.92 Å². The van der Waals surface area contributed by atoms with Gasteiger partial charge in [-0.1, -0.05) is 18.2 Å². The standard InChI is InChI=1S/C14H13BrO4S/c1-10-7-8-12(13(9-10)18-2)19-20(16,17)14-6-4-3-5-11(14)15/h3-9H,1-2H3. The number of rotatable bonds is 4. The Labute approximate surface area is 126 Å². The van der Waals surface area contributed by atoms with Crippen LogP contribution in [0.25, 0.3) is 0 Å². The predicted octanol–water partition coefficient (Wildman–Crippen LogP) is 3.53. The quantitative estimate of drug-likeness (QED) is 0.786. The van der Waals surface area contributed by atoms with Crippen LogP contribution in [0.3, 0.4) is 0 Å². The van der Waals surface area contributed by atoms with Crippen molar-refractivity contribution in [3.05, 3.63) is 52.5 Å². The molecule has 0 aliphatic heterocycles. The van der Waals surface area contributed by atoms with Crippen molar-refractivity contribution in [2.24, 2.45) is 0 Å². The molecule has 106 valence electrons. The molecule has 0 spiro atoms. The summed E-state index contributed by atoms with van der Waals surface area (Å²) in [5, 5.41) is 0. The molecular weight excluding hydrogens is 344 g/mol. The fourth-order valence-corrected chi connectivity index (χ4v) is 3.55. The first kappa shape index (κ1) is 14.9. The van der Waals surface area contributed by atoms with E-state index in [1.54, 1.807) is 36.4 Å². The topological polar surface area (TPSA) is 52.6 Å². The second kappa shape index (κ2) is 5.85. The van der Waals surface area contributed by atoms with Gasteiger partial charge in [0.05, 0.1) is 7.11 Å². The third-order valence-electron chi connectivity index (χ3n) is 2.62. The predicted molar refractivity (Wildman–Crippen MR) is 79.7 cm³/mol. The summed E-state index contributed by atoms with van der Waals surface area (Å²) in [6.45, 7) is 1.88. The normalized spacial score (nSPS) is 11.2. The molecule has 0 amide bonds. The van der Waals surface area contributed by atoms with Gasteiger partial charge < -0.3 is 8.92 Å². The molecule has 0 atom stereocenters. The average Bonchev–Trinajstić information content (AvgIpc) is 2.41. The summed E-state index contributed by atoms with van der Waals surface area (Å²) in [5.41, 5.74) is 0.951. The third-order valence-corrected chi connectivity index (χ3v) is 4.87. The first-order chi connectivity index (χ1) is 9.44. The van der Waals surface area contributed by atoms with Gasteiger partial charge in [0.15, 0.2) is 11.5 Å². The van der Waals surface area contributed by atoms with Crippen LogP contribution in [-0.4, -0.2) is 15.5 Å². The lowest BCUT2D eigenvalue weighted by atomic mass is 10.2. The molecule has 20 heavy (non-hydrogen) atoms. The molecule has 6 heteroatoms. The van der Waals surface area contributed by atoms with Crippen LogP contribution in [0.15, 0.2) is 51.8 Å². The molecule has 0 fully saturated rings. The van der Waals surface area contributed by atoms with Crippen LogP contribution >= 0.6 is 15.9 Å². The second-order valence-corrected chi connectivity index (χ2v) is 6.49. The van der Waals surface area contributed by atoms with Crippen molar-refractivity contribution in [2.45, 2.75) is 11.8 Å².